The Kier molecular flexibility index (Phi) is 4.48. The molecular formula is C24H28N2O2. The van der Waals surface area contributed by atoms with E-state index in [-0.39, 0.29) is 17.9 Å². The highest BCUT2D eigenvalue weighted by Gasteiger charge is 2.59. The van der Waals surface area contributed by atoms with Crippen LogP contribution in [0.15, 0.2) is 60.7 Å². The Hall–Kier alpha value is -2.17. The van der Waals surface area contributed by atoms with E-state index in [1.807, 2.05) is 30.3 Å². The minimum Gasteiger partial charge on any atom is -0.375 e. The zero-order valence-corrected chi connectivity index (χ0v) is 16.1. The van der Waals surface area contributed by atoms with Gasteiger partial charge in [-0.1, -0.05) is 60.7 Å². The van der Waals surface area contributed by atoms with Crippen molar-refractivity contribution in [2.24, 2.45) is 17.8 Å². The van der Waals surface area contributed by atoms with Crippen molar-refractivity contribution in [3.05, 3.63) is 71.8 Å². The molecule has 3 fully saturated rings. The Morgan fingerprint density at radius 2 is 1.61 bits per heavy atom. The first-order valence-electron chi connectivity index (χ1n) is 10.5. The lowest BCUT2D eigenvalue weighted by Crippen LogP contribution is -2.48. The van der Waals surface area contributed by atoms with Crippen LogP contribution in [0.25, 0.3) is 0 Å². The van der Waals surface area contributed by atoms with E-state index >= 15 is 0 Å². The Morgan fingerprint density at radius 1 is 1.00 bits per heavy atom. The van der Waals surface area contributed by atoms with Gasteiger partial charge in [-0.3, -0.25) is 4.79 Å². The fourth-order valence-electron chi connectivity index (χ4n) is 4.95. The second-order valence-corrected chi connectivity index (χ2v) is 8.73. The van der Waals surface area contributed by atoms with Crippen LogP contribution in [0.5, 0.6) is 0 Å². The molecule has 0 bridgehead atoms. The standard InChI is InChI=1S/C24H28N2O2/c27-23(24(28,19-11-12-19)18-9-5-2-6-10-18)25-22-20-15-26(16-21(20)22)14-13-17-7-3-1-4-8-17/h1-10,19-22,28H,11-16H2,(H,25,27)/t20-,21?,22+,24?/m0/s1. The fourth-order valence-corrected chi connectivity index (χ4v) is 4.95. The molecule has 5 rings (SSSR count). The Bertz CT molecular complexity index is 824. The highest BCUT2D eigenvalue weighted by molar-refractivity contribution is 5.87. The maximum atomic E-state index is 13.0. The SMILES string of the molecule is O=C(N[C@H]1C2CN(CCc3ccccc3)C[C@@H]21)C(O)(c1ccccc1)C1CC1. The third-order valence-corrected chi connectivity index (χ3v) is 6.86. The number of amides is 1. The molecule has 4 heteroatoms. The smallest absolute Gasteiger partial charge is 0.257 e. The first kappa shape index (κ1) is 17.9. The molecule has 2 aliphatic carbocycles. The number of piperidine rings is 1. The summed E-state index contributed by atoms with van der Waals surface area (Å²) in [6.45, 7) is 3.18. The van der Waals surface area contributed by atoms with E-state index < -0.39 is 5.60 Å². The summed E-state index contributed by atoms with van der Waals surface area (Å²) in [6, 6.07) is 20.3. The van der Waals surface area contributed by atoms with E-state index in [2.05, 4.69) is 40.5 Å². The molecule has 1 saturated heterocycles. The van der Waals surface area contributed by atoms with Crippen LogP contribution >= 0.6 is 0 Å². The number of hydrogen-bond donors (Lipinski definition) is 2. The largest absolute Gasteiger partial charge is 0.375 e. The second-order valence-electron chi connectivity index (χ2n) is 8.73. The number of benzene rings is 2. The number of nitrogens with zero attached hydrogens (tertiary/aromatic N) is 1. The first-order valence-corrected chi connectivity index (χ1v) is 10.5. The number of fused-ring (bicyclic) bond motifs is 1. The van der Waals surface area contributed by atoms with Gasteiger partial charge in [-0.25, -0.2) is 0 Å². The van der Waals surface area contributed by atoms with Gasteiger partial charge in [0.2, 0.25) is 0 Å². The average molecular weight is 377 g/mol. The van der Waals surface area contributed by atoms with E-state index in [4.69, 9.17) is 0 Å². The van der Waals surface area contributed by atoms with Gasteiger partial charge in [-0.15, -0.1) is 0 Å². The molecule has 1 aliphatic heterocycles. The zero-order chi connectivity index (χ0) is 19.1. The molecule has 2 saturated carbocycles. The van der Waals surface area contributed by atoms with Gasteiger partial charge >= 0.3 is 0 Å². The average Bonchev–Trinajstić information content (AvgIpc) is 3.65. The summed E-state index contributed by atoms with van der Waals surface area (Å²) in [7, 11) is 0. The van der Waals surface area contributed by atoms with E-state index in [0.29, 0.717) is 11.8 Å². The van der Waals surface area contributed by atoms with Gasteiger partial charge < -0.3 is 15.3 Å². The number of aliphatic hydroxyl groups is 1. The van der Waals surface area contributed by atoms with Crippen LogP contribution in [0.4, 0.5) is 0 Å². The Balaban J connectivity index is 1.16. The highest BCUT2D eigenvalue weighted by Crippen LogP contribution is 2.49. The number of hydrogen-bond acceptors (Lipinski definition) is 3. The predicted molar refractivity (Wildman–Crippen MR) is 109 cm³/mol. The summed E-state index contributed by atoms with van der Waals surface area (Å²) in [4.78, 5) is 15.6. The lowest BCUT2D eigenvalue weighted by Gasteiger charge is -2.28. The Labute approximate surface area is 166 Å². The van der Waals surface area contributed by atoms with Crippen LogP contribution in [0.3, 0.4) is 0 Å². The van der Waals surface area contributed by atoms with Crippen LogP contribution in [0.1, 0.15) is 24.0 Å². The number of likely N-dealkylation sites (tertiary alicyclic amines) is 1. The molecule has 1 amide bonds. The molecule has 3 aliphatic rings. The topological polar surface area (TPSA) is 52.6 Å². The molecule has 0 radical (unpaired) electrons. The van der Waals surface area contributed by atoms with Crippen molar-refractivity contribution in [2.75, 3.05) is 19.6 Å². The van der Waals surface area contributed by atoms with Gasteiger partial charge in [-0.2, -0.15) is 0 Å². The van der Waals surface area contributed by atoms with Crippen molar-refractivity contribution < 1.29 is 9.90 Å². The predicted octanol–water partition coefficient (Wildman–Crippen LogP) is 2.57. The third kappa shape index (κ3) is 3.25. The number of nitrogens with one attached hydrogen (secondary N) is 1. The molecule has 28 heavy (non-hydrogen) atoms. The van der Waals surface area contributed by atoms with Crippen molar-refractivity contribution in [2.45, 2.75) is 30.9 Å². The van der Waals surface area contributed by atoms with Gasteiger partial charge in [0.15, 0.2) is 5.60 Å². The van der Waals surface area contributed by atoms with Gasteiger partial charge in [0, 0.05) is 31.6 Å². The van der Waals surface area contributed by atoms with Gasteiger partial charge in [0.25, 0.3) is 5.91 Å². The molecule has 4 nitrogen and oxygen atoms in total. The van der Waals surface area contributed by atoms with Gasteiger partial charge in [0.05, 0.1) is 0 Å². The summed E-state index contributed by atoms with van der Waals surface area (Å²) in [6.07, 6.45) is 2.92. The zero-order valence-electron chi connectivity index (χ0n) is 16.1. The summed E-state index contributed by atoms with van der Waals surface area (Å²) in [5, 5.41) is 14.5. The van der Waals surface area contributed by atoms with E-state index in [9.17, 15) is 9.90 Å². The molecule has 146 valence electrons. The molecule has 2 N–H and O–H groups in total. The third-order valence-electron chi connectivity index (χ3n) is 6.86. The summed E-state index contributed by atoms with van der Waals surface area (Å²) in [5.74, 6) is 0.935. The van der Waals surface area contributed by atoms with Crippen LogP contribution in [0, 0.1) is 17.8 Å². The van der Waals surface area contributed by atoms with E-state index in [0.717, 1.165) is 44.5 Å². The maximum absolute atomic E-state index is 13.0. The fraction of sp³-hybridized carbons (Fsp3) is 0.458. The normalized spacial score (nSPS) is 28.4. The van der Waals surface area contributed by atoms with Crippen molar-refractivity contribution in [1.29, 1.82) is 0 Å². The van der Waals surface area contributed by atoms with Crippen LogP contribution in [-0.2, 0) is 16.8 Å². The molecule has 0 spiro atoms. The maximum Gasteiger partial charge on any atom is 0.257 e. The molecule has 2 aromatic carbocycles. The minimum atomic E-state index is -1.37. The summed E-state index contributed by atoms with van der Waals surface area (Å²) >= 11 is 0. The number of carbonyl (C=O) groups is 1. The van der Waals surface area contributed by atoms with Crippen LogP contribution in [0.2, 0.25) is 0 Å². The number of carbonyl (C=O) groups excluding carboxylic acids is 1. The van der Waals surface area contributed by atoms with E-state index in [1.54, 1.807) is 0 Å². The minimum absolute atomic E-state index is 0.0517. The second kappa shape index (κ2) is 7.02. The number of rotatable bonds is 7. The molecule has 2 unspecified atom stereocenters. The van der Waals surface area contributed by atoms with E-state index in [1.165, 1.54) is 5.56 Å². The molecule has 0 aromatic heterocycles. The van der Waals surface area contributed by atoms with Crippen molar-refractivity contribution in [1.82, 2.24) is 10.2 Å². The van der Waals surface area contributed by atoms with Crippen molar-refractivity contribution in [3.63, 3.8) is 0 Å². The van der Waals surface area contributed by atoms with Crippen molar-refractivity contribution in [3.8, 4) is 0 Å². The van der Waals surface area contributed by atoms with Gasteiger partial charge in [0.1, 0.15) is 0 Å². The monoisotopic (exact) mass is 376 g/mol. The summed E-state index contributed by atoms with van der Waals surface area (Å²) in [5.41, 5.74) is 0.737. The molecule has 1 heterocycles. The first-order chi connectivity index (χ1) is 13.7. The lowest BCUT2D eigenvalue weighted by molar-refractivity contribution is -0.143. The molecule has 2 aromatic rings. The Morgan fingerprint density at radius 3 is 2.21 bits per heavy atom. The van der Waals surface area contributed by atoms with Crippen molar-refractivity contribution >= 4 is 5.91 Å². The van der Waals surface area contributed by atoms with Crippen LogP contribution < -0.4 is 5.32 Å². The highest BCUT2D eigenvalue weighted by atomic mass is 16.3. The summed E-state index contributed by atoms with van der Waals surface area (Å²) < 4.78 is 0. The molecule has 4 atom stereocenters. The van der Waals surface area contributed by atoms with Crippen LogP contribution in [-0.4, -0.2) is 41.6 Å². The quantitative estimate of drug-likeness (QED) is 0.781. The lowest BCUT2D eigenvalue weighted by atomic mass is 9.87. The molecular weight excluding hydrogens is 348 g/mol. The van der Waals surface area contributed by atoms with Gasteiger partial charge in [-0.05, 0) is 42.2 Å².